The number of imide groups is 1. The predicted octanol–water partition coefficient (Wildman–Crippen LogP) is -5.56. The first kappa shape index (κ1) is 81.0. The Morgan fingerprint density at radius 3 is 1.94 bits per heavy atom. The number of hydrogen-bond donors (Lipinski definition) is 18. The van der Waals surface area contributed by atoms with E-state index in [0.717, 1.165) is 12.8 Å². The Morgan fingerprint density at radius 2 is 1.31 bits per heavy atom. The molecule has 1 aliphatic rings. The van der Waals surface area contributed by atoms with Gasteiger partial charge in [0, 0.05) is 45.2 Å². The van der Waals surface area contributed by atoms with Gasteiger partial charge in [-0.05, 0) is 68.3 Å². The molecule has 8 atom stereocenters. The molecule has 1 aliphatic heterocycles. The van der Waals surface area contributed by atoms with E-state index >= 15 is 0 Å². The highest BCUT2D eigenvalue weighted by Crippen LogP contribution is 2.21. The number of carboxylic acids is 3. The number of rotatable bonds is 39. The maximum absolute atomic E-state index is 14.1. The summed E-state index contributed by atoms with van der Waals surface area (Å²) < 4.78 is 1.66. The minimum Gasteiger partial charge on any atom is -0.481 e. The molecule has 0 aliphatic carbocycles. The van der Waals surface area contributed by atoms with Crippen LogP contribution in [0.2, 0.25) is 0 Å². The fourth-order valence-corrected chi connectivity index (χ4v) is 9.80. The molecular weight excluding hydrogens is 1270 g/mol. The molecule has 0 saturated carbocycles. The number of carboxylic acid groups (broad SMARTS) is 3. The van der Waals surface area contributed by atoms with Crippen LogP contribution in [0, 0.1) is 22.7 Å². The minimum absolute atomic E-state index is 0.0126. The molecule has 1 saturated heterocycles. The van der Waals surface area contributed by atoms with Crippen molar-refractivity contribution >= 4 is 94.8 Å². The van der Waals surface area contributed by atoms with Crippen LogP contribution in [0.15, 0.2) is 36.5 Å². The van der Waals surface area contributed by atoms with E-state index in [4.69, 9.17) is 22.6 Å². The van der Waals surface area contributed by atoms with Gasteiger partial charge in [-0.15, -0.1) is 5.10 Å². The van der Waals surface area contributed by atoms with Crippen molar-refractivity contribution < 1.29 is 87.2 Å². The van der Waals surface area contributed by atoms with Gasteiger partial charge in [0.05, 0.1) is 63.1 Å². The highest BCUT2D eigenvalue weighted by molar-refractivity contribution is 6.04. The lowest BCUT2D eigenvalue weighted by atomic mass is 9.91. The lowest BCUT2D eigenvalue weighted by molar-refractivity contribution is -0.152. The summed E-state index contributed by atoms with van der Waals surface area (Å²) in [5, 5.41) is 70.8. The van der Waals surface area contributed by atoms with Crippen LogP contribution in [0.1, 0.15) is 117 Å². The molecule has 0 bridgehead atoms. The highest BCUT2D eigenvalue weighted by atomic mass is 16.4. The average molecular weight is 1370 g/mol. The summed E-state index contributed by atoms with van der Waals surface area (Å²) in [5.41, 5.74) is 18.3. The molecule has 1 fully saturated rings. The van der Waals surface area contributed by atoms with Crippen LogP contribution in [-0.4, -0.2) is 218 Å². The van der Waals surface area contributed by atoms with Gasteiger partial charge in [-0.25, -0.2) is 0 Å². The topological polar surface area (TPSA) is 585 Å². The Morgan fingerprint density at radius 1 is 0.680 bits per heavy atom. The summed E-state index contributed by atoms with van der Waals surface area (Å²) in [6.07, 6.45) is 0.0771. The third-order valence-corrected chi connectivity index (χ3v) is 14.7. The zero-order valence-corrected chi connectivity index (χ0v) is 55.0. The van der Waals surface area contributed by atoms with Gasteiger partial charge < -0.3 is 91.0 Å². The number of amides is 12. The smallest absolute Gasteiger partial charge is 0.305 e. The molecule has 536 valence electrons. The Labute approximate surface area is 559 Å². The minimum atomic E-state index is -1.91. The van der Waals surface area contributed by atoms with Gasteiger partial charge in [-0.3, -0.25) is 86.9 Å². The van der Waals surface area contributed by atoms with Crippen molar-refractivity contribution in [1.29, 1.82) is 5.41 Å². The maximum atomic E-state index is 14.1. The summed E-state index contributed by atoms with van der Waals surface area (Å²) in [4.78, 5) is 198. The van der Waals surface area contributed by atoms with Crippen LogP contribution in [0.5, 0.6) is 0 Å². The third kappa shape index (κ3) is 31.3. The van der Waals surface area contributed by atoms with E-state index < -0.39 is 195 Å². The van der Waals surface area contributed by atoms with E-state index in [1.807, 2.05) is 0 Å². The van der Waals surface area contributed by atoms with Gasteiger partial charge in [-0.2, -0.15) is 0 Å². The summed E-state index contributed by atoms with van der Waals surface area (Å²) >= 11 is 0. The van der Waals surface area contributed by atoms with Crippen molar-refractivity contribution in [3.63, 3.8) is 0 Å². The van der Waals surface area contributed by atoms with Crippen LogP contribution >= 0.6 is 0 Å². The van der Waals surface area contributed by atoms with E-state index in [1.165, 1.54) is 0 Å². The standard InChI is InChI=1S/C60H93N19O18/c1-33(2)21-39(74-57(96)40(22-34-13-7-6-8-14-34)71-45(81)30-68-52(91)37(62)24-36-32-78(77-76-36)20-12-17-60(3,4)5)53(92)67-28-35(23-48(84)85)51(90)73-41(25-49(86)87)54(93)69-29-44(80)65-18-10-9-16-43-58(97)72-38(15-11-19-66-59(63)64)56(95)75-42(26-50(88)89)55(94)70-31-47(83)79(43)46(82)27-61/h6-8,13-14,32-33,35,37-43H,9-12,15-31,61-62H2,1-5H3,(H,65,80)(H,67,92)(H,68,91)(H,69,93)(H,70,94)(H,71,81)(H,72,97)(H,73,90)(H,74,96)(H,75,95)(H,84,85)(H,86,87)(H,88,89)(H4,63,64,66)/t35-,37?,38?,39?,40?,41+,42+,43?/m1/s1. The summed E-state index contributed by atoms with van der Waals surface area (Å²) in [6.45, 7) is 6.49. The van der Waals surface area contributed by atoms with Crippen LogP contribution in [0.4, 0.5) is 0 Å². The van der Waals surface area contributed by atoms with E-state index in [1.54, 1.807) is 55.1 Å². The Bertz CT molecular complexity index is 3100. The zero-order chi connectivity index (χ0) is 72.5. The third-order valence-electron chi connectivity index (χ3n) is 14.7. The van der Waals surface area contributed by atoms with Crippen LogP contribution in [0.3, 0.4) is 0 Å². The van der Waals surface area contributed by atoms with Gasteiger partial charge in [0.1, 0.15) is 36.3 Å². The van der Waals surface area contributed by atoms with Crippen molar-refractivity contribution in [2.75, 3.05) is 45.8 Å². The van der Waals surface area contributed by atoms with E-state index in [9.17, 15) is 87.2 Å². The molecule has 0 spiro atoms. The average Bonchev–Trinajstić information content (AvgIpc) is 1.39. The number of carbonyl (C=O) groups excluding carboxylic acids is 12. The Kier molecular flexibility index (Phi) is 34.2. The summed E-state index contributed by atoms with van der Waals surface area (Å²) in [5.74, 6) is -18.8. The number of unbranched alkanes of at least 4 members (excludes halogenated alkanes) is 1. The number of carbonyl (C=O) groups is 15. The molecule has 97 heavy (non-hydrogen) atoms. The van der Waals surface area contributed by atoms with Crippen molar-refractivity contribution in [3.05, 3.63) is 47.8 Å². The van der Waals surface area contributed by atoms with E-state index in [-0.39, 0.29) is 75.8 Å². The quantitative estimate of drug-likeness (QED) is 0.0169. The molecule has 3 rings (SSSR count). The lowest BCUT2D eigenvalue weighted by Gasteiger charge is -2.32. The molecule has 2 heterocycles. The Hall–Kier alpha value is -10.2. The van der Waals surface area contributed by atoms with Gasteiger partial charge in [0.25, 0.3) is 0 Å². The first-order valence-electron chi connectivity index (χ1n) is 31.5. The molecule has 21 N–H and O–H groups in total. The number of nitrogens with two attached hydrogens (primary N) is 3. The SMILES string of the molecule is CC(C)CC(NC(=O)C(Cc1ccccc1)NC(=O)CNC(=O)C(N)Cc1cn(CCCC(C)(C)C)nn1)C(=O)NC[C@@H](CC(=O)O)C(=O)N[C@@H](CC(=O)O)C(=O)NCC(=O)NCCCCC1C(=O)NC(CCCNC(=N)N)C(=O)N[C@@H](CC(=O)O)C(=O)NCC(=O)N1C(=O)CN. The molecule has 12 amide bonds. The molecule has 2 aromatic rings. The molecule has 1 aromatic carbocycles. The van der Waals surface area contributed by atoms with E-state index in [2.05, 4.69) is 89.6 Å². The molecular formula is C60H93N19O18. The first-order chi connectivity index (χ1) is 45.7. The van der Waals surface area contributed by atoms with Crippen molar-refractivity contribution in [1.82, 2.24) is 78.4 Å². The van der Waals surface area contributed by atoms with Gasteiger partial charge in [-0.1, -0.05) is 70.2 Å². The summed E-state index contributed by atoms with van der Waals surface area (Å²) in [7, 11) is 0. The first-order valence-corrected chi connectivity index (χ1v) is 31.5. The number of nitrogens with one attached hydrogen (secondary N) is 12. The van der Waals surface area contributed by atoms with Crippen LogP contribution < -0.4 is 75.7 Å². The normalized spacial score (nSPS) is 16.7. The molecule has 37 heteroatoms. The second kappa shape index (κ2) is 40.9. The molecule has 1 aromatic heterocycles. The fraction of sp³-hybridized carbons (Fsp3) is 0.600. The van der Waals surface area contributed by atoms with Gasteiger partial charge in [0.2, 0.25) is 70.9 Å². The fourth-order valence-electron chi connectivity index (χ4n) is 9.80. The van der Waals surface area contributed by atoms with Crippen LogP contribution in [-0.2, 0) is 91.3 Å². The van der Waals surface area contributed by atoms with Crippen molar-refractivity contribution in [2.24, 2.45) is 34.5 Å². The number of aryl methyl sites for hydroxylation is 1. The molecule has 0 radical (unpaired) electrons. The second-order valence-electron chi connectivity index (χ2n) is 24.7. The van der Waals surface area contributed by atoms with Gasteiger partial charge in [0.15, 0.2) is 5.96 Å². The van der Waals surface area contributed by atoms with E-state index in [0.29, 0.717) is 22.7 Å². The second-order valence-corrected chi connectivity index (χ2v) is 24.7. The largest absolute Gasteiger partial charge is 0.481 e. The zero-order valence-electron chi connectivity index (χ0n) is 55.0. The number of hydrogen-bond acceptors (Lipinski definition) is 20. The molecule has 37 nitrogen and oxygen atoms in total. The van der Waals surface area contributed by atoms with Crippen LogP contribution in [0.25, 0.3) is 0 Å². The Balaban J connectivity index is 1.66. The number of aliphatic carboxylic acids is 3. The highest BCUT2D eigenvalue weighted by Gasteiger charge is 2.39. The summed E-state index contributed by atoms with van der Waals surface area (Å²) in [6, 6.07) is -2.04. The van der Waals surface area contributed by atoms with Crippen molar-refractivity contribution in [2.45, 2.75) is 167 Å². The number of guanidine groups is 1. The number of benzene rings is 1. The van der Waals surface area contributed by atoms with Gasteiger partial charge >= 0.3 is 17.9 Å². The molecule has 5 unspecified atom stereocenters. The number of nitrogens with zero attached hydrogens (tertiary/aromatic N) is 4. The number of aromatic nitrogens is 3. The van der Waals surface area contributed by atoms with Crippen molar-refractivity contribution in [3.8, 4) is 0 Å². The maximum Gasteiger partial charge on any atom is 0.305 e. The lowest BCUT2D eigenvalue weighted by Crippen LogP contribution is -2.61. The predicted molar refractivity (Wildman–Crippen MR) is 343 cm³/mol. The monoisotopic (exact) mass is 1370 g/mol.